The van der Waals surface area contributed by atoms with Gasteiger partial charge in [-0.3, -0.25) is 0 Å². The van der Waals surface area contributed by atoms with Crippen LogP contribution < -0.4 is 9.47 Å². The van der Waals surface area contributed by atoms with Crippen molar-refractivity contribution in [3.05, 3.63) is 23.8 Å². The summed E-state index contributed by atoms with van der Waals surface area (Å²) in [4.78, 5) is 0. The molecule has 0 amide bonds. The highest BCUT2D eigenvalue weighted by molar-refractivity contribution is 7.99. The highest BCUT2D eigenvalue weighted by Gasteiger charge is 2.17. The Hall–Kier alpha value is -0.870. The van der Waals surface area contributed by atoms with Crippen LogP contribution in [0.15, 0.2) is 18.2 Å². The third-order valence-corrected chi connectivity index (χ3v) is 4.23. The lowest BCUT2D eigenvalue weighted by Gasteiger charge is -2.24. The summed E-state index contributed by atoms with van der Waals surface area (Å²) in [6.45, 7) is 0.158. The molecule has 18 heavy (non-hydrogen) atoms. The van der Waals surface area contributed by atoms with Crippen molar-refractivity contribution >= 4 is 11.8 Å². The van der Waals surface area contributed by atoms with Crippen LogP contribution in [-0.2, 0) is 6.42 Å². The highest BCUT2D eigenvalue weighted by Crippen LogP contribution is 2.31. The van der Waals surface area contributed by atoms with Gasteiger partial charge in [0.15, 0.2) is 11.5 Å². The zero-order valence-electron chi connectivity index (χ0n) is 10.7. The molecule has 1 atom stereocenters. The molecule has 0 aliphatic carbocycles. The van der Waals surface area contributed by atoms with Gasteiger partial charge in [-0.25, -0.2) is 0 Å². The molecule has 1 aliphatic heterocycles. The molecule has 1 aromatic rings. The maximum atomic E-state index is 8.98. The quantitative estimate of drug-likeness (QED) is 0.890. The number of hydrogen-bond donors (Lipinski definition) is 1. The van der Waals surface area contributed by atoms with Crippen LogP contribution in [0.5, 0.6) is 11.5 Å². The molecule has 1 saturated heterocycles. The van der Waals surface area contributed by atoms with Crippen molar-refractivity contribution in [2.24, 2.45) is 0 Å². The normalized spacial score (nSPS) is 19.6. The third kappa shape index (κ3) is 3.56. The lowest BCUT2D eigenvalue weighted by molar-refractivity contribution is 0.202. The first kappa shape index (κ1) is 13.6. The predicted octanol–water partition coefficient (Wildman–Crippen LogP) is 2.50. The van der Waals surface area contributed by atoms with Crippen molar-refractivity contribution in [1.29, 1.82) is 0 Å². The lowest BCUT2D eigenvalue weighted by Crippen LogP contribution is -2.23. The van der Waals surface area contributed by atoms with Gasteiger partial charge in [-0.2, -0.15) is 11.8 Å². The maximum absolute atomic E-state index is 8.98. The van der Waals surface area contributed by atoms with Crippen LogP contribution in [0.3, 0.4) is 0 Å². The van der Waals surface area contributed by atoms with Crippen molar-refractivity contribution in [3.63, 3.8) is 0 Å². The topological polar surface area (TPSA) is 38.7 Å². The average molecular weight is 268 g/mol. The molecule has 0 radical (unpaired) electrons. The first-order valence-corrected chi connectivity index (χ1v) is 7.51. The van der Waals surface area contributed by atoms with Crippen LogP contribution >= 0.6 is 11.8 Å². The Labute approximate surface area is 112 Å². The number of methoxy groups -OCH3 is 1. The molecule has 0 aromatic heterocycles. The van der Waals surface area contributed by atoms with Crippen molar-refractivity contribution in [3.8, 4) is 11.5 Å². The molecular formula is C14H20O3S. The molecule has 1 fully saturated rings. The van der Waals surface area contributed by atoms with E-state index in [2.05, 4.69) is 0 Å². The number of aliphatic hydroxyl groups excluding tert-OH is 1. The summed E-state index contributed by atoms with van der Waals surface area (Å²) >= 11 is 1.94. The average Bonchev–Trinajstić information content (AvgIpc) is 2.41. The summed E-state index contributed by atoms with van der Waals surface area (Å²) in [6.07, 6.45) is 3.26. The molecule has 1 heterocycles. The summed E-state index contributed by atoms with van der Waals surface area (Å²) in [5, 5.41) is 8.98. The minimum atomic E-state index is 0.158. The fourth-order valence-corrected chi connectivity index (χ4v) is 3.12. The Morgan fingerprint density at radius 3 is 2.94 bits per heavy atom. The number of thioether (sulfide) groups is 1. The summed E-state index contributed by atoms with van der Waals surface area (Å²) in [7, 11) is 1.66. The standard InChI is InChI=1S/C14H20O3S/c1-16-13-5-4-11(6-7-15)9-14(13)17-12-3-2-8-18-10-12/h4-5,9,12,15H,2-3,6-8,10H2,1H3. The Morgan fingerprint density at radius 1 is 1.39 bits per heavy atom. The van der Waals surface area contributed by atoms with E-state index in [1.807, 2.05) is 30.0 Å². The van der Waals surface area contributed by atoms with E-state index in [0.717, 1.165) is 29.2 Å². The van der Waals surface area contributed by atoms with Gasteiger partial charge in [-0.1, -0.05) is 6.07 Å². The molecule has 3 nitrogen and oxygen atoms in total. The van der Waals surface area contributed by atoms with Gasteiger partial charge < -0.3 is 14.6 Å². The van der Waals surface area contributed by atoms with Crippen LogP contribution in [-0.4, -0.2) is 36.4 Å². The minimum Gasteiger partial charge on any atom is -0.493 e. The summed E-state index contributed by atoms with van der Waals surface area (Å²) in [5.74, 6) is 3.86. The van der Waals surface area contributed by atoms with Gasteiger partial charge in [0.05, 0.1) is 7.11 Å². The molecule has 0 bridgehead atoms. The lowest BCUT2D eigenvalue weighted by atomic mass is 10.1. The van der Waals surface area contributed by atoms with Gasteiger partial charge >= 0.3 is 0 Å². The van der Waals surface area contributed by atoms with E-state index >= 15 is 0 Å². The second-order valence-electron chi connectivity index (χ2n) is 4.42. The third-order valence-electron chi connectivity index (χ3n) is 3.04. The second-order valence-corrected chi connectivity index (χ2v) is 5.57. The molecule has 1 unspecified atom stereocenters. The first-order valence-electron chi connectivity index (χ1n) is 6.35. The smallest absolute Gasteiger partial charge is 0.161 e. The number of rotatable bonds is 5. The highest BCUT2D eigenvalue weighted by atomic mass is 32.2. The van der Waals surface area contributed by atoms with E-state index in [-0.39, 0.29) is 12.7 Å². The Bertz CT molecular complexity index is 375. The Balaban J connectivity index is 2.09. The molecule has 1 aromatic carbocycles. The van der Waals surface area contributed by atoms with E-state index in [9.17, 15) is 0 Å². The van der Waals surface area contributed by atoms with E-state index in [1.54, 1.807) is 7.11 Å². The van der Waals surface area contributed by atoms with Gasteiger partial charge in [0.2, 0.25) is 0 Å². The van der Waals surface area contributed by atoms with Crippen molar-refractivity contribution in [2.45, 2.75) is 25.4 Å². The summed E-state index contributed by atoms with van der Waals surface area (Å²) < 4.78 is 11.4. The van der Waals surface area contributed by atoms with E-state index in [0.29, 0.717) is 6.42 Å². The number of hydrogen-bond acceptors (Lipinski definition) is 4. The maximum Gasteiger partial charge on any atom is 0.161 e. The SMILES string of the molecule is COc1ccc(CCO)cc1OC1CCCSC1. The summed E-state index contributed by atoms with van der Waals surface area (Å²) in [6, 6.07) is 5.86. The first-order chi connectivity index (χ1) is 8.83. The fraction of sp³-hybridized carbons (Fsp3) is 0.571. The monoisotopic (exact) mass is 268 g/mol. The number of benzene rings is 1. The molecule has 100 valence electrons. The Morgan fingerprint density at radius 2 is 2.28 bits per heavy atom. The van der Waals surface area contributed by atoms with E-state index < -0.39 is 0 Å². The molecule has 1 N–H and O–H groups in total. The zero-order chi connectivity index (χ0) is 12.8. The Kier molecular flexibility index (Phi) is 5.20. The molecule has 0 saturated carbocycles. The van der Waals surface area contributed by atoms with Crippen LogP contribution in [0, 0.1) is 0 Å². The van der Waals surface area contributed by atoms with Crippen LogP contribution in [0.1, 0.15) is 18.4 Å². The van der Waals surface area contributed by atoms with E-state index in [4.69, 9.17) is 14.6 Å². The van der Waals surface area contributed by atoms with E-state index in [1.165, 1.54) is 12.2 Å². The van der Waals surface area contributed by atoms with Gasteiger partial charge in [0, 0.05) is 12.4 Å². The molecular weight excluding hydrogens is 248 g/mol. The van der Waals surface area contributed by atoms with Crippen molar-refractivity contribution in [2.75, 3.05) is 25.2 Å². The second kappa shape index (κ2) is 6.90. The van der Waals surface area contributed by atoms with Gasteiger partial charge in [0.25, 0.3) is 0 Å². The molecule has 1 aliphatic rings. The number of ether oxygens (including phenoxy) is 2. The zero-order valence-corrected chi connectivity index (χ0v) is 11.5. The predicted molar refractivity (Wildman–Crippen MR) is 74.8 cm³/mol. The van der Waals surface area contributed by atoms with Crippen molar-refractivity contribution in [1.82, 2.24) is 0 Å². The minimum absolute atomic E-state index is 0.158. The molecule has 4 heteroatoms. The van der Waals surface area contributed by atoms with Gasteiger partial charge in [-0.05, 0) is 42.7 Å². The van der Waals surface area contributed by atoms with Crippen LogP contribution in [0.25, 0.3) is 0 Å². The molecule has 0 spiro atoms. The fourth-order valence-electron chi connectivity index (χ4n) is 2.08. The molecule has 2 rings (SSSR count). The number of aliphatic hydroxyl groups is 1. The summed E-state index contributed by atoms with van der Waals surface area (Å²) in [5.41, 5.74) is 1.08. The van der Waals surface area contributed by atoms with Gasteiger partial charge in [-0.15, -0.1) is 0 Å². The van der Waals surface area contributed by atoms with Crippen molar-refractivity contribution < 1.29 is 14.6 Å². The van der Waals surface area contributed by atoms with Crippen LogP contribution in [0.4, 0.5) is 0 Å². The van der Waals surface area contributed by atoms with Gasteiger partial charge in [0.1, 0.15) is 6.10 Å². The van der Waals surface area contributed by atoms with Crippen LogP contribution in [0.2, 0.25) is 0 Å². The largest absolute Gasteiger partial charge is 0.493 e.